The molecule has 0 saturated heterocycles. The van der Waals surface area contributed by atoms with Crippen molar-refractivity contribution >= 4 is 47.0 Å². The number of halogens is 2. The molecule has 0 unspecified atom stereocenters. The van der Waals surface area contributed by atoms with Crippen LogP contribution in [0.3, 0.4) is 0 Å². The monoisotopic (exact) mass is 584 g/mol. The quantitative estimate of drug-likeness (QED) is 0.158. The van der Waals surface area contributed by atoms with Crippen LogP contribution in [0.4, 0.5) is 10.1 Å². The van der Waals surface area contributed by atoms with Crippen LogP contribution in [0, 0.1) is 5.82 Å². The van der Waals surface area contributed by atoms with Crippen molar-refractivity contribution in [1.29, 1.82) is 0 Å². The molecule has 0 radical (unpaired) electrons. The molecule has 2 N–H and O–H groups in total. The third-order valence-corrected chi connectivity index (χ3v) is 6.43. The van der Waals surface area contributed by atoms with Gasteiger partial charge in [0.05, 0.1) is 19.2 Å². The molecule has 0 aliphatic carbocycles. The van der Waals surface area contributed by atoms with Gasteiger partial charge in [-0.3, -0.25) is 14.4 Å². The van der Waals surface area contributed by atoms with Crippen LogP contribution in [0.15, 0.2) is 103 Å². The summed E-state index contributed by atoms with van der Waals surface area (Å²) in [7, 11) is 3.08. The van der Waals surface area contributed by atoms with E-state index in [4.69, 9.17) is 21.1 Å². The SMILES string of the molecule is COc1ccc(OC)c(/C=C/C(=O)c2ccc(NC(=O)/C(=C/c3c(F)cccc3Cl)NC(=O)c3ccccc3)cc2)c1. The maximum atomic E-state index is 14.5. The van der Waals surface area contributed by atoms with Crippen molar-refractivity contribution in [3.8, 4) is 11.5 Å². The number of carbonyl (C=O) groups is 3. The van der Waals surface area contributed by atoms with E-state index in [1.807, 2.05) is 0 Å². The lowest BCUT2D eigenvalue weighted by Gasteiger charge is -2.12. The van der Waals surface area contributed by atoms with E-state index in [9.17, 15) is 18.8 Å². The number of carbonyl (C=O) groups excluding carboxylic acids is 3. The molecule has 0 aliphatic heterocycles. The molecule has 7 nitrogen and oxygen atoms in total. The van der Waals surface area contributed by atoms with Gasteiger partial charge in [0, 0.05) is 27.9 Å². The van der Waals surface area contributed by atoms with Crippen molar-refractivity contribution in [2.75, 3.05) is 19.5 Å². The number of ether oxygens (including phenoxy) is 2. The summed E-state index contributed by atoms with van der Waals surface area (Å²) in [5.74, 6) is -1.02. The van der Waals surface area contributed by atoms with Crippen LogP contribution in [0.5, 0.6) is 11.5 Å². The first-order valence-electron chi connectivity index (χ1n) is 12.7. The smallest absolute Gasteiger partial charge is 0.272 e. The molecule has 0 aromatic heterocycles. The number of hydrogen-bond donors (Lipinski definition) is 2. The van der Waals surface area contributed by atoms with Crippen molar-refractivity contribution in [2.45, 2.75) is 0 Å². The summed E-state index contributed by atoms with van der Waals surface area (Å²) in [6.07, 6.45) is 4.20. The summed E-state index contributed by atoms with van der Waals surface area (Å²) in [6.45, 7) is 0. The molecule has 0 aliphatic rings. The lowest BCUT2D eigenvalue weighted by molar-refractivity contribution is -0.113. The molecule has 0 atom stereocenters. The van der Waals surface area contributed by atoms with E-state index in [-0.39, 0.29) is 22.1 Å². The Morgan fingerprint density at radius 1 is 0.833 bits per heavy atom. The largest absolute Gasteiger partial charge is 0.497 e. The second kappa shape index (κ2) is 13.9. The van der Waals surface area contributed by atoms with E-state index in [0.29, 0.717) is 33.9 Å². The second-order valence-electron chi connectivity index (χ2n) is 8.85. The zero-order valence-corrected chi connectivity index (χ0v) is 23.4. The predicted molar refractivity (Wildman–Crippen MR) is 161 cm³/mol. The third-order valence-electron chi connectivity index (χ3n) is 6.10. The van der Waals surface area contributed by atoms with Crippen LogP contribution in [0.1, 0.15) is 31.8 Å². The number of anilines is 1. The van der Waals surface area contributed by atoms with Crippen molar-refractivity contribution in [3.63, 3.8) is 0 Å². The Kier molecular flexibility index (Phi) is 9.86. The van der Waals surface area contributed by atoms with E-state index >= 15 is 0 Å². The number of methoxy groups -OCH3 is 2. The van der Waals surface area contributed by atoms with Gasteiger partial charge in [0.1, 0.15) is 23.0 Å². The van der Waals surface area contributed by atoms with Gasteiger partial charge in [0.2, 0.25) is 0 Å². The molecule has 4 rings (SSSR count). The number of nitrogens with one attached hydrogen (secondary N) is 2. The Labute approximate surface area is 247 Å². The molecule has 0 bridgehead atoms. The molecule has 9 heteroatoms. The lowest BCUT2D eigenvalue weighted by Crippen LogP contribution is -2.30. The number of benzene rings is 4. The number of allylic oxidation sites excluding steroid dienone is 1. The van der Waals surface area contributed by atoms with Gasteiger partial charge >= 0.3 is 0 Å². The topological polar surface area (TPSA) is 93.7 Å². The van der Waals surface area contributed by atoms with E-state index in [1.54, 1.807) is 73.8 Å². The molecule has 0 heterocycles. The van der Waals surface area contributed by atoms with Gasteiger partial charge in [-0.2, -0.15) is 0 Å². The van der Waals surface area contributed by atoms with Gasteiger partial charge in [-0.1, -0.05) is 35.9 Å². The number of rotatable bonds is 10. The second-order valence-corrected chi connectivity index (χ2v) is 9.26. The van der Waals surface area contributed by atoms with Gasteiger partial charge < -0.3 is 20.1 Å². The molecule has 0 fully saturated rings. The Morgan fingerprint density at radius 2 is 1.57 bits per heavy atom. The molecule has 2 amide bonds. The predicted octanol–water partition coefficient (Wildman–Crippen LogP) is 6.80. The summed E-state index contributed by atoms with van der Waals surface area (Å²) in [5.41, 5.74) is 1.40. The van der Waals surface area contributed by atoms with Gasteiger partial charge in [-0.15, -0.1) is 0 Å². The molecule has 42 heavy (non-hydrogen) atoms. The first-order chi connectivity index (χ1) is 20.3. The average Bonchev–Trinajstić information content (AvgIpc) is 3.01. The average molecular weight is 585 g/mol. The third kappa shape index (κ3) is 7.50. The fourth-order valence-electron chi connectivity index (χ4n) is 3.88. The van der Waals surface area contributed by atoms with Gasteiger partial charge in [-0.05, 0) is 85.0 Å². The maximum Gasteiger partial charge on any atom is 0.272 e. The summed E-state index contributed by atoms with van der Waals surface area (Å²) in [4.78, 5) is 38.8. The fraction of sp³-hybridized carbons (Fsp3) is 0.0606. The van der Waals surface area contributed by atoms with E-state index in [0.717, 1.165) is 0 Å². The standard InChI is InChI=1S/C33H26ClFN2O5/c1-41-25-16-18-31(42-2)23(19-25)13-17-30(38)21-11-14-24(15-12-21)36-33(40)29(20-26-27(34)9-6-10-28(26)35)37-32(39)22-7-4-3-5-8-22/h3-20H,1-2H3,(H,36,40)(H,37,39)/b17-13+,29-20-. The van der Waals surface area contributed by atoms with Crippen LogP contribution in [-0.2, 0) is 4.79 Å². The highest BCUT2D eigenvalue weighted by Gasteiger charge is 2.17. The fourth-order valence-corrected chi connectivity index (χ4v) is 4.10. The minimum atomic E-state index is -0.720. The zero-order valence-electron chi connectivity index (χ0n) is 22.7. The summed E-state index contributed by atoms with van der Waals surface area (Å²) < 4.78 is 25.1. The first kappa shape index (κ1) is 29.8. The Morgan fingerprint density at radius 3 is 2.24 bits per heavy atom. The van der Waals surface area contributed by atoms with Crippen molar-refractivity contribution < 1.29 is 28.2 Å². The highest BCUT2D eigenvalue weighted by atomic mass is 35.5. The summed E-state index contributed by atoms with van der Waals surface area (Å²) in [6, 6.07) is 23.8. The van der Waals surface area contributed by atoms with Gasteiger partial charge in [0.25, 0.3) is 11.8 Å². The van der Waals surface area contributed by atoms with Crippen LogP contribution < -0.4 is 20.1 Å². The van der Waals surface area contributed by atoms with Crippen LogP contribution in [-0.4, -0.2) is 31.8 Å². The normalized spacial score (nSPS) is 11.2. The number of hydrogen-bond acceptors (Lipinski definition) is 5. The van der Waals surface area contributed by atoms with E-state index in [2.05, 4.69) is 10.6 Å². The molecule has 0 spiro atoms. The van der Waals surface area contributed by atoms with Crippen molar-refractivity contribution in [1.82, 2.24) is 5.32 Å². The van der Waals surface area contributed by atoms with Crippen LogP contribution in [0.25, 0.3) is 12.2 Å². The van der Waals surface area contributed by atoms with Crippen molar-refractivity contribution in [3.05, 3.63) is 136 Å². The van der Waals surface area contributed by atoms with E-state index in [1.165, 1.54) is 49.6 Å². The summed E-state index contributed by atoms with van der Waals surface area (Å²) in [5, 5.41) is 5.27. The minimum absolute atomic E-state index is 0.0573. The molecule has 4 aromatic rings. The highest BCUT2D eigenvalue weighted by Crippen LogP contribution is 2.26. The van der Waals surface area contributed by atoms with E-state index < -0.39 is 17.6 Å². The Balaban J connectivity index is 1.53. The Bertz CT molecular complexity index is 1650. The highest BCUT2D eigenvalue weighted by molar-refractivity contribution is 6.32. The Hall–Kier alpha value is -5.21. The van der Waals surface area contributed by atoms with Crippen LogP contribution in [0.2, 0.25) is 5.02 Å². The van der Waals surface area contributed by atoms with Crippen LogP contribution >= 0.6 is 11.6 Å². The molecular formula is C33H26ClFN2O5. The number of amides is 2. The number of ketones is 1. The first-order valence-corrected chi connectivity index (χ1v) is 13.0. The maximum absolute atomic E-state index is 14.5. The van der Waals surface area contributed by atoms with Gasteiger partial charge in [-0.25, -0.2) is 4.39 Å². The zero-order chi connectivity index (χ0) is 30.1. The minimum Gasteiger partial charge on any atom is -0.497 e. The lowest BCUT2D eigenvalue weighted by atomic mass is 10.1. The molecular weight excluding hydrogens is 559 g/mol. The summed E-state index contributed by atoms with van der Waals surface area (Å²) >= 11 is 6.16. The molecule has 4 aromatic carbocycles. The molecule has 212 valence electrons. The van der Waals surface area contributed by atoms with Crippen molar-refractivity contribution in [2.24, 2.45) is 0 Å². The molecule has 0 saturated carbocycles. The van der Waals surface area contributed by atoms with Gasteiger partial charge in [0.15, 0.2) is 5.78 Å².